The molecule has 0 fully saturated rings. The monoisotopic (exact) mass is 469 g/mol. The lowest BCUT2D eigenvalue weighted by molar-refractivity contribution is -0.361. The van der Waals surface area contributed by atoms with E-state index in [4.69, 9.17) is 4.74 Å². The number of nitrogens with one attached hydrogen (secondary N) is 1. The average Bonchev–Trinajstić information content (AvgIpc) is 2.77. The Morgan fingerprint density at radius 2 is 1.58 bits per heavy atom. The molecule has 0 heterocycles. The van der Waals surface area contributed by atoms with Crippen molar-refractivity contribution < 1.29 is 35.5 Å². The summed E-state index contributed by atoms with van der Waals surface area (Å²) < 4.78 is 95.8. The maximum absolute atomic E-state index is 13.5. The number of benzene rings is 3. The SMILES string of the molecule is N#Cc1ccccc1COc1ccc2ccccc2c1/C=N\NC(F)(F)C(F)(F)C(F)(F)F. The second-order valence-electron chi connectivity index (χ2n) is 6.77. The van der Waals surface area contributed by atoms with E-state index >= 15 is 0 Å². The highest BCUT2D eigenvalue weighted by molar-refractivity contribution is 6.02. The van der Waals surface area contributed by atoms with Gasteiger partial charge >= 0.3 is 18.1 Å². The Morgan fingerprint density at radius 1 is 0.909 bits per heavy atom. The van der Waals surface area contributed by atoms with Crippen molar-refractivity contribution in [3.63, 3.8) is 0 Å². The van der Waals surface area contributed by atoms with E-state index in [2.05, 4.69) is 5.10 Å². The Balaban J connectivity index is 1.93. The first-order valence-corrected chi connectivity index (χ1v) is 9.23. The molecule has 3 rings (SSSR count). The predicted molar refractivity (Wildman–Crippen MR) is 106 cm³/mol. The van der Waals surface area contributed by atoms with Crippen LogP contribution in [0, 0.1) is 11.3 Å². The number of fused-ring (bicyclic) bond motifs is 1. The fourth-order valence-electron chi connectivity index (χ4n) is 2.87. The molecule has 0 aliphatic heterocycles. The topological polar surface area (TPSA) is 57.4 Å². The molecule has 0 aliphatic carbocycles. The van der Waals surface area contributed by atoms with Gasteiger partial charge in [-0.25, -0.2) is 5.43 Å². The van der Waals surface area contributed by atoms with Gasteiger partial charge in [0, 0.05) is 11.1 Å². The largest absolute Gasteiger partial charge is 0.488 e. The van der Waals surface area contributed by atoms with Gasteiger partial charge in [0.15, 0.2) is 0 Å². The predicted octanol–water partition coefficient (Wildman–Crippen LogP) is 6.00. The maximum Gasteiger partial charge on any atom is 0.462 e. The maximum atomic E-state index is 13.5. The Bertz CT molecular complexity index is 1220. The molecule has 0 unspecified atom stereocenters. The minimum absolute atomic E-state index is 0.0566. The van der Waals surface area contributed by atoms with Crippen LogP contribution in [0.15, 0.2) is 65.8 Å². The molecule has 0 aromatic heterocycles. The van der Waals surface area contributed by atoms with Crippen molar-refractivity contribution >= 4 is 17.0 Å². The quantitative estimate of drug-likeness (QED) is 0.200. The number of nitrogens with zero attached hydrogens (tertiary/aromatic N) is 2. The molecule has 0 atom stereocenters. The van der Waals surface area contributed by atoms with E-state index in [-0.39, 0.29) is 17.9 Å². The molecule has 0 saturated heterocycles. The molecule has 11 heteroatoms. The number of ether oxygens (including phenoxy) is 1. The lowest BCUT2D eigenvalue weighted by Crippen LogP contribution is -2.58. The van der Waals surface area contributed by atoms with Crippen LogP contribution in [0.1, 0.15) is 16.7 Å². The lowest BCUT2D eigenvalue weighted by atomic mass is 10.0. The Labute approximate surface area is 182 Å². The highest BCUT2D eigenvalue weighted by Crippen LogP contribution is 2.45. The molecule has 0 radical (unpaired) electrons. The summed E-state index contributed by atoms with van der Waals surface area (Å²) in [6.45, 7) is -0.0986. The van der Waals surface area contributed by atoms with Gasteiger partial charge in [0.05, 0.1) is 17.8 Å². The summed E-state index contributed by atoms with van der Waals surface area (Å²) in [5.74, 6) is -6.27. The summed E-state index contributed by atoms with van der Waals surface area (Å²) in [6, 6.07) is 12.4. The number of hydrogen-bond donors (Lipinski definition) is 1. The molecule has 4 nitrogen and oxygen atoms in total. The molecule has 3 aromatic rings. The van der Waals surface area contributed by atoms with E-state index in [9.17, 15) is 36.0 Å². The van der Waals surface area contributed by atoms with Gasteiger partial charge in [-0.05, 0) is 22.9 Å². The smallest absolute Gasteiger partial charge is 0.462 e. The van der Waals surface area contributed by atoms with Crippen LogP contribution in [0.3, 0.4) is 0 Å². The molecular weight excluding hydrogens is 455 g/mol. The van der Waals surface area contributed by atoms with Crippen molar-refractivity contribution in [2.75, 3.05) is 0 Å². The minimum atomic E-state index is -6.49. The fraction of sp³-hybridized carbons (Fsp3) is 0.182. The van der Waals surface area contributed by atoms with Crippen molar-refractivity contribution in [1.29, 1.82) is 5.26 Å². The summed E-state index contributed by atoms with van der Waals surface area (Å²) in [4.78, 5) is 0. The van der Waals surface area contributed by atoms with Gasteiger partial charge in [0.2, 0.25) is 0 Å². The highest BCUT2D eigenvalue weighted by atomic mass is 19.4. The first kappa shape index (κ1) is 23.8. The number of hydrogen-bond acceptors (Lipinski definition) is 4. The van der Waals surface area contributed by atoms with Crippen LogP contribution in [0.2, 0.25) is 0 Å². The minimum Gasteiger partial charge on any atom is -0.488 e. The zero-order chi connectivity index (χ0) is 24.3. The molecule has 172 valence electrons. The van der Waals surface area contributed by atoms with Crippen molar-refractivity contribution in [3.8, 4) is 11.8 Å². The molecule has 33 heavy (non-hydrogen) atoms. The van der Waals surface area contributed by atoms with Crippen LogP contribution < -0.4 is 10.2 Å². The van der Waals surface area contributed by atoms with Gasteiger partial charge in [-0.1, -0.05) is 48.5 Å². The van der Waals surface area contributed by atoms with Crippen LogP contribution in [0.25, 0.3) is 10.8 Å². The van der Waals surface area contributed by atoms with E-state index in [1.807, 2.05) is 6.07 Å². The van der Waals surface area contributed by atoms with Gasteiger partial charge in [-0.15, -0.1) is 0 Å². The Morgan fingerprint density at radius 3 is 2.27 bits per heavy atom. The number of alkyl halides is 7. The van der Waals surface area contributed by atoms with Gasteiger partial charge in [-0.3, -0.25) is 0 Å². The summed E-state index contributed by atoms with van der Waals surface area (Å²) in [6.07, 6.45) is -5.81. The summed E-state index contributed by atoms with van der Waals surface area (Å²) in [5.41, 5.74) is 1.52. The number of hydrazone groups is 1. The fourth-order valence-corrected chi connectivity index (χ4v) is 2.87. The van der Waals surface area contributed by atoms with Crippen LogP contribution in [-0.2, 0) is 6.61 Å². The molecule has 0 spiro atoms. The molecule has 1 N–H and O–H groups in total. The third-order valence-electron chi connectivity index (χ3n) is 4.60. The van der Waals surface area contributed by atoms with Crippen LogP contribution in [0.5, 0.6) is 5.75 Å². The molecular formula is C22H14F7N3O. The zero-order valence-corrected chi connectivity index (χ0v) is 16.5. The number of halogens is 7. The highest BCUT2D eigenvalue weighted by Gasteiger charge is 2.73. The van der Waals surface area contributed by atoms with Crippen molar-refractivity contribution in [1.82, 2.24) is 5.43 Å². The van der Waals surface area contributed by atoms with E-state index in [0.29, 0.717) is 33.5 Å². The van der Waals surface area contributed by atoms with Gasteiger partial charge in [-0.2, -0.15) is 41.1 Å². The Kier molecular flexibility index (Phi) is 6.48. The van der Waals surface area contributed by atoms with Crippen LogP contribution >= 0.6 is 0 Å². The molecule has 3 aromatic carbocycles. The second-order valence-corrected chi connectivity index (χ2v) is 6.77. The average molecular weight is 469 g/mol. The molecule has 0 aliphatic rings. The van der Waals surface area contributed by atoms with E-state index in [1.54, 1.807) is 54.6 Å². The lowest BCUT2D eigenvalue weighted by Gasteiger charge is -2.27. The number of rotatable bonds is 7. The van der Waals surface area contributed by atoms with E-state index in [0.717, 1.165) is 0 Å². The van der Waals surface area contributed by atoms with Crippen LogP contribution in [0.4, 0.5) is 30.7 Å². The second kappa shape index (κ2) is 8.97. The van der Waals surface area contributed by atoms with Crippen molar-refractivity contribution in [3.05, 3.63) is 77.4 Å². The van der Waals surface area contributed by atoms with Crippen LogP contribution in [-0.4, -0.2) is 24.4 Å². The third kappa shape index (κ3) is 4.84. The zero-order valence-electron chi connectivity index (χ0n) is 16.5. The van der Waals surface area contributed by atoms with Gasteiger partial charge in [0.1, 0.15) is 12.4 Å². The standard InChI is InChI=1S/C22H14F7N3O/c23-20(24,21(25,26)27)22(28,29)32-31-12-18-17-8-4-3-5-14(17)9-10-19(18)33-13-16-7-2-1-6-15(16)11-30/h1-10,12,32H,13H2/b31-12-. The van der Waals surface area contributed by atoms with Crippen molar-refractivity contribution in [2.24, 2.45) is 5.10 Å². The molecule has 0 amide bonds. The first-order chi connectivity index (χ1) is 15.5. The Hall–Kier alpha value is -3.81. The molecule has 0 saturated carbocycles. The third-order valence-corrected chi connectivity index (χ3v) is 4.60. The van der Waals surface area contributed by atoms with Crippen molar-refractivity contribution in [2.45, 2.75) is 24.8 Å². The van der Waals surface area contributed by atoms with Gasteiger partial charge < -0.3 is 4.74 Å². The first-order valence-electron chi connectivity index (χ1n) is 9.23. The summed E-state index contributed by atoms with van der Waals surface area (Å²) >= 11 is 0. The van der Waals surface area contributed by atoms with E-state index in [1.165, 1.54) is 6.07 Å². The normalized spacial score (nSPS) is 12.7. The summed E-state index contributed by atoms with van der Waals surface area (Å²) in [5, 5.41) is 13.2. The van der Waals surface area contributed by atoms with Gasteiger partial charge in [0.25, 0.3) is 0 Å². The molecule has 0 bridgehead atoms. The number of nitriles is 1. The van der Waals surface area contributed by atoms with E-state index < -0.39 is 18.1 Å². The summed E-state index contributed by atoms with van der Waals surface area (Å²) in [7, 11) is 0.